The summed E-state index contributed by atoms with van der Waals surface area (Å²) in [7, 11) is 0. The summed E-state index contributed by atoms with van der Waals surface area (Å²) in [6, 6.07) is 17.8. The maximum atomic E-state index is 12.4. The number of amides is 1. The molecule has 1 aliphatic carbocycles. The number of benzene rings is 2. The zero-order chi connectivity index (χ0) is 19.2. The SMILES string of the molecule is O=C(Nc1ccc(-c2nnc(SCc3ccccc3)o2)cc1)C1CCCCC1. The Morgan fingerprint density at radius 2 is 1.75 bits per heavy atom. The van der Waals surface area contributed by atoms with Crippen molar-refractivity contribution in [3.05, 3.63) is 60.2 Å². The van der Waals surface area contributed by atoms with Crippen LogP contribution in [0, 0.1) is 5.92 Å². The van der Waals surface area contributed by atoms with E-state index in [0.717, 1.165) is 42.7 Å². The van der Waals surface area contributed by atoms with Crippen LogP contribution in [0.2, 0.25) is 0 Å². The van der Waals surface area contributed by atoms with Gasteiger partial charge >= 0.3 is 0 Å². The molecule has 1 amide bonds. The van der Waals surface area contributed by atoms with Gasteiger partial charge in [0.25, 0.3) is 5.22 Å². The Balaban J connectivity index is 1.34. The number of aromatic nitrogens is 2. The number of rotatable bonds is 6. The van der Waals surface area contributed by atoms with Crippen LogP contribution >= 0.6 is 11.8 Å². The Morgan fingerprint density at radius 1 is 1.00 bits per heavy atom. The molecule has 4 rings (SSSR count). The summed E-state index contributed by atoms with van der Waals surface area (Å²) in [4.78, 5) is 12.4. The third-order valence-electron chi connectivity index (χ3n) is 4.99. The zero-order valence-corrected chi connectivity index (χ0v) is 16.5. The molecule has 0 bridgehead atoms. The van der Waals surface area contributed by atoms with Crippen molar-refractivity contribution in [2.45, 2.75) is 43.1 Å². The van der Waals surface area contributed by atoms with Crippen molar-refractivity contribution in [2.75, 3.05) is 5.32 Å². The second-order valence-corrected chi connectivity index (χ2v) is 7.98. The molecule has 3 aromatic rings. The molecule has 1 aliphatic rings. The van der Waals surface area contributed by atoms with Gasteiger partial charge in [-0.05, 0) is 42.7 Å². The van der Waals surface area contributed by atoms with Gasteiger partial charge in [-0.3, -0.25) is 4.79 Å². The van der Waals surface area contributed by atoms with Crippen molar-refractivity contribution in [3.63, 3.8) is 0 Å². The van der Waals surface area contributed by atoms with Crippen molar-refractivity contribution in [1.29, 1.82) is 0 Å². The molecule has 1 aromatic heterocycles. The fourth-order valence-corrected chi connectivity index (χ4v) is 4.13. The molecule has 6 heteroatoms. The molecule has 1 heterocycles. The van der Waals surface area contributed by atoms with Crippen LogP contribution in [0.25, 0.3) is 11.5 Å². The quantitative estimate of drug-likeness (QED) is 0.556. The van der Waals surface area contributed by atoms with Crippen LogP contribution in [0.3, 0.4) is 0 Å². The average molecular weight is 394 g/mol. The number of carbonyl (C=O) groups excluding carboxylic acids is 1. The van der Waals surface area contributed by atoms with E-state index in [1.54, 1.807) is 0 Å². The van der Waals surface area contributed by atoms with Gasteiger partial charge in [-0.2, -0.15) is 0 Å². The van der Waals surface area contributed by atoms with Crippen LogP contribution < -0.4 is 5.32 Å². The summed E-state index contributed by atoms with van der Waals surface area (Å²) < 4.78 is 5.76. The average Bonchev–Trinajstić information content (AvgIpc) is 3.23. The lowest BCUT2D eigenvalue weighted by molar-refractivity contribution is -0.120. The lowest BCUT2D eigenvalue weighted by Gasteiger charge is -2.20. The van der Waals surface area contributed by atoms with Crippen LogP contribution in [-0.2, 0) is 10.5 Å². The highest BCUT2D eigenvalue weighted by atomic mass is 32.2. The van der Waals surface area contributed by atoms with Gasteiger partial charge in [-0.25, -0.2) is 0 Å². The molecular weight excluding hydrogens is 370 g/mol. The minimum atomic E-state index is 0.129. The Morgan fingerprint density at radius 3 is 2.50 bits per heavy atom. The second kappa shape index (κ2) is 9.06. The molecule has 2 aromatic carbocycles. The van der Waals surface area contributed by atoms with Gasteiger partial charge in [0.05, 0.1) is 0 Å². The largest absolute Gasteiger partial charge is 0.411 e. The molecule has 144 valence electrons. The number of thioether (sulfide) groups is 1. The van der Waals surface area contributed by atoms with E-state index in [4.69, 9.17) is 4.42 Å². The molecule has 1 fully saturated rings. The molecule has 28 heavy (non-hydrogen) atoms. The first-order valence-corrected chi connectivity index (χ1v) is 10.7. The van der Waals surface area contributed by atoms with Gasteiger partial charge in [-0.1, -0.05) is 61.4 Å². The number of hydrogen-bond donors (Lipinski definition) is 1. The van der Waals surface area contributed by atoms with E-state index in [1.165, 1.54) is 23.7 Å². The van der Waals surface area contributed by atoms with Gasteiger partial charge < -0.3 is 9.73 Å². The summed E-state index contributed by atoms with van der Waals surface area (Å²) in [5, 5.41) is 11.8. The van der Waals surface area contributed by atoms with Gasteiger partial charge in [0, 0.05) is 22.9 Å². The van der Waals surface area contributed by atoms with Gasteiger partial charge in [0.15, 0.2) is 0 Å². The van der Waals surface area contributed by atoms with E-state index in [0.29, 0.717) is 11.1 Å². The number of hydrogen-bond acceptors (Lipinski definition) is 5. The number of carbonyl (C=O) groups is 1. The lowest BCUT2D eigenvalue weighted by atomic mass is 9.88. The van der Waals surface area contributed by atoms with E-state index in [1.807, 2.05) is 42.5 Å². The minimum Gasteiger partial charge on any atom is -0.411 e. The van der Waals surface area contributed by atoms with Crippen LogP contribution in [0.4, 0.5) is 5.69 Å². The summed E-state index contributed by atoms with van der Waals surface area (Å²) in [5.41, 5.74) is 2.86. The summed E-state index contributed by atoms with van der Waals surface area (Å²) in [6.45, 7) is 0. The minimum absolute atomic E-state index is 0.129. The predicted octanol–water partition coefficient (Wildman–Crippen LogP) is 5.55. The molecule has 0 unspecified atom stereocenters. The third-order valence-corrected chi connectivity index (χ3v) is 5.88. The van der Waals surface area contributed by atoms with Crippen molar-refractivity contribution in [1.82, 2.24) is 10.2 Å². The smallest absolute Gasteiger partial charge is 0.277 e. The zero-order valence-electron chi connectivity index (χ0n) is 15.6. The Hall–Kier alpha value is -2.60. The number of nitrogens with one attached hydrogen (secondary N) is 1. The molecule has 1 N–H and O–H groups in total. The molecule has 0 spiro atoms. The maximum absolute atomic E-state index is 12.4. The number of nitrogens with zero attached hydrogens (tertiary/aromatic N) is 2. The molecule has 0 saturated heterocycles. The number of anilines is 1. The summed E-state index contributed by atoms with van der Waals surface area (Å²) >= 11 is 1.52. The standard InChI is InChI=1S/C22H23N3O2S/c26-20(17-9-5-2-6-10-17)23-19-13-11-18(12-14-19)21-24-25-22(27-21)28-15-16-7-3-1-4-8-16/h1,3-4,7-8,11-14,17H,2,5-6,9-10,15H2,(H,23,26). The first-order valence-electron chi connectivity index (χ1n) is 9.69. The van der Waals surface area contributed by atoms with Crippen LogP contribution in [0.15, 0.2) is 64.2 Å². The van der Waals surface area contributed by atoms with Crippen molar-refractivity contribution >= 4 is 23.4 Å². The van der Waals surface area contributed by atoms with Crippen molar-refractivity contribution in [3.8, 4) is 11.5 Å². The van der Waals surface area contributed by atoms with Crippen LogP contribution in [0.1, 0.15) is 37.7 Å². The van der Waals surface area contributed by atoms with E-state index in [2.05, 4.69) is 27.6 Å². The van der Waals surface area contributed by atoms with E-state index < -0.39 is 0 Å². The molecule has 0 aliphatic heterocycles. The predicted molar refractivity (Wildman–Crippen MR) is 111 cm³/mol. The van der Waals surface area contributed by atoms with Crippen molar-refractivity contribution in [2.24, 2.45) is 5.92 Å². The first-order chi connectivity index (χ1) is 13.8. The molecule has 0 atom stereocenters. The third kappa shape index (κ3) is 4.81. The molecule has 5 nitrogen and oxygen atoms in total. The Bertz CT molecular complexity index is 903. The van der Waals surface area contributed by atoms with E-state index >= 15 is 0 Å². The summed E-state index contributed by atoms with van der Waals surface area (Å²) in [5.74, 6) is 1.55. The highest BCUT2D eigenvalue weighted by Gasteiger charge is 2.21. The second-order valence-electron chi connectivity index (χ2n) is 7.05. The van der Waals surface area contributed by atoms with Crippen LogP contribution in [-0.4, -0.2) is 16.1 Å². The molecule has 0 radical (unpaired) electrons. The normalized spacial score (nSPS) is 14.7. The first kappa shape index (κ1) is 18.7. The topological polar surface area (TPSA) is 68.0 Å². The Labute approximate surface area is 168 Å². The van der Waals surface area contributed by atoms with Gasteiger partial charge in [0.2, 0.25) is 11.8 Å². The van der Waals surface area contributed by atoms with Crippen LogP contribution in [0.5, 0.6) is 0 Å². The Kier molecular flexibility index (Phi) is 6.07. The summed E-state index contributed by atoms with van der Waals surface area (Å²) in [6.07, 6.45) is 5.54. The highest BCUT2D eigenvalue weighted by Crippen LogP contribution is 2.28. The van der Waals surface area contributed by atoms with E-state index in [9.17, 15) is 4.79 Å². The fourth-order valence-electron chi connectivity index (χ4n) is 3.41. The molecule has 1 saturated carbocycles. The van der Waals surface area contributed by atoms with E-state index in [-0.39, 0.29) is 11.8 Å². The molecular formula is C22H23N3O2S. The van der Waals surface area contributed by atoms with Gasteiger partial charge in [0.1, 0.15) is 0 Å². The maximum Gasteiger partial charge on any atom is 0.277 e. The fraction of sp³-hybridized carbons (Fsp3) is 0.318. The lowest BCUT2D eigenvalue weighted by Crippen LogP contribution is -2.24. The monoisotopic (exact) mass is 393 g/mol. The van der Waals surface area contributed by atoms with Crippen molar-refractivity contribution < 1.29 is 9.21 Å². The highest BCUT2D eigenvalue weighted by molar-refractivity contribution is 7.98. The van der Waals surface area contributed by atoms with Gasteiger partial charge in [-0.15, -0.1) is 10.2 Å².